The fourth-order valence-corrected chi connectivity index (χ4v) is 3.15. The van der Waals surface area contributed by atoms with Crippen LogP contribution in [0.5, 0.6) is 0 Å². The molecule has 20 heavy (non-hydrogen) atoms. The number of amides is 1. The Morgan fingerprint density at radius 2 is 2.35 bits per heavy atom. The van der Waals surface area contributed by atoms with Crippen LogP contribution in [0.4, 0.5) is 11.6 Å². The summed E-state index contributed by atoms with van der Waals surface area (Å²) < 4.78 is 0. The zero-order valence-corrected chi connectivity index (χ0v) is 12.0. The number of nitrogens with one attached hydrogen (secondary N) is 2. The van der Waals surface area contributed by atoms with E-state index < -0.39 is 0 Å². The number of piperidine rings is 1. The summed E-state index contributed by atoms with van der Waals surface area (Å²) in [7, 11) is 1.87. The number of nitrogens with zero attached hydrogens (tertiary/aromatic N) is 3. The van der Waals surface area contributed by atoms with Gasteiger partial charge < -0.3 is 15.5 Å². The van der Waals surface area contributed by atoms with Crippen LogP contribution in [0.3, 0.4) is 0 Å². The summed E-state index contributed by atoms with van der Waals surface area (Å²) >= 11 is 0. The van der Waals surface area contributed by atoms with Crippen LogP contribution >= 0.6 is 0 Å². The van der Waals surface area contributed by atoms with E-state index in [1.54, 1.807) is 0 Å². The molecule has 2 aliphatic rings. The fraction of sp³-hybridized carbons (Fsp3) is 0.643. The van der Waals surface area contributed by atoms with Gasteiger partial charge in [0.1, 0.15) is 17.5 Å². The van der Waals surface area contributed by atoms with Gasteiger partial charge in [-0.2, -0.15) is 0 Å². The van der Waals surface area contributed by atoms with Gasteiger partial charge in [0.15, 0.2) is 0 Å². The van der Waals surface area contributed by atoms with Crippen molar-refractivity contribution in [1.29, 1.82) is 0 Å². The van der Waals surface area contributed by atoms with Crippen LogP contribution < -0.4 is 15.5 Å². The Morgan fingerprint density at radius 1 is 1.50 bits per heavy atom. The molecule has 2 aliphatic heterocycles. The molecule has 0 radical (unpaired) electrons. The van der Waals surface area contributed by atoms with Gasteiger partial charge in [0.25, 0.3) is 0 Å². The summed E-state index contributed by atoms with van der Waals surface area (Å²) in [4.78, 5) is 23.2. The maximum atomic E-state index is 11.8. The highest BCUT2D eigenvalue weighted by atomic mass is 16.2. The number of hydrogen-bond acceptors (Lipinski definition) is 5. The van der Waals surface area contributed by atoms with Gasteiger partial charge in [0, 0.05) is 32.6 Å². The lowest BCUT2D eigenvalue weighted by Gasteiger charge is -2.37. The zero-order valence-electron chi connectivity index (χ0n) is 12.0. The van der Waals surface area contributed by atoms with E-state index in [2.05, 4.69) is 32.4 Å². The SMILES string of the molecule is CCc1nc(NC)cc(N2CCCC3C(=O)NCC32)n1. The summed E-state index contributed by atoms with van der Waals surface area (Å²) in [6.07, 6.45) is 2.83. The van der Waals surface area contributed by atoms with E-state index in [9.17, 15) is 4.79 Å². The van der Waals surface area contributed by atoms with Crippen molar-refractivity contribution in [2.75, 3.05) is 30.4 Å². The van der Waals surface area contributed by atoms with Crippen LogP contribution in [0.15, 0.2) is 6.07 Å². The molecule has 0 saturated carbocycles. The first-order valence-electron chi connectivity index (χ1n) is 7.33. The Morgan fingerprint density at radius 3 is 3.10 bits per heavy atom. The van der Waals surface area contributed by atoms with Gasteiger partial charge in [-0.3, -0.25) is 4.79 Å². The Kier molecular flexibility index (Phi) is 3.46. The molecular weight excluding hydrogens is 254 g/mol. The van der Waals surface area contributed by atoms with Crippen LogP contribution in [-0.4, -0.2) is 42.1 Å². The molecule has 0 aromatic carbocycles. The standard InChI is InChI=1S/C14H21N5O/c1-3-11-17-12(15-2)7-13(18-11)19-6-4-5-9-10(19)8-16-14(9)20/h7,9-10H,3-6,8H2,1-2H3,(H,16,20)(H,15,17,18). The summed E-state index contributed by atoms with van der Waals surface area (Å²) in [6, 6.07) is 2.21. The minimum Gasteiger partial charge on any atom is -0.373 e. The maximum Gasteiger partial charge on any atom is 0.225 e. The van der Waals surface area contributed by atoms with Crippen molar-refractivity contribution in [1.82, 2.24) is 15.3 Å². The highest BCUT2D eigenvalue weighted by Crippen LogP contribution is 2.31. The smallest absolute Gasteiger partial charge is 0.225 e. The second kappa shape index (κ2) is 5.26. The van der Waals surface area contributed by atoms with Crippen molar-refractivity contribution in [3.05, 3.63) is 11.9 Å². The maximum absolute atomic E-state index is 11.8. The lowest BCUT2D eigenvalue weighted by Crippen LogP contribution is -2.46. The third-order valence-electron chi connectivity index (χ3n) is 4.23. The van der Waals surface area contributed by atoms with E-state index in [1.807, 2.05) is 13.1 Å². The quantitative estimate of drug-likeness (QED) is 0.853. The molecule has 2 fully saturated rings. The van der Waals surface area contributed by atoms with E-state index in [-0.39, 0.29) is 17.9 Å². The first kappa shape index (κ1) is 13.1. The first-order chi connectivity index (χ1) is 9.72. The highest BCUT2D eigenvalue weighted by Gasteiger charge is 2.41. The third-order valence-corrected chi connectivity index (χ3v) is 4.23. The minimum absolute atomic E-state index is 0.113. The Bertz CT molecular complexity index is 496. The molecule has 1 aromatic heterocycles. The number of aromatic nitrogens is 2. The van der Waals surface area contributed by atoms with Crippen LogP contribution in [0.25, 0.3) is 0 Å². The van der Waals surface area contributed by atoms with Crippen molar-refractivity contribution < 1.29 is 4.79 Å². The number of carbonyl (C=O) groups is 1. The first-order valence-corrected chi connectivity index (χ1v) is 7.33. The molecule has 1 amide bonds. The van der Waals surface area contributed by atoms with Crippen molar-refractivity contribution in [3.63, 3.8) is 0 Å². The number of carbonyl (C=O) groups excluding carboxylic acids is 1. The second-order valence-electron chi connectivity index (χ2n) is 5.39. The molecule has 3 heterocycles. The molecule has 2 unspecified atom stereocenters. The van der Waals surface area contributed by atoms with E-state index >= 15 is 0 Å². The molecule has 0 bridgehead atoms. The van der Waals surface area contributed by atoms with Crippen molar-refractivity contribution in [2.45, 2.75) is 32.2 Å². The van der Waals surface area contributed by atoms with Crippen LogP contribution in [0.1, 0.15) is 25.6 Å². The van der Waals surface area contributed by atoms with Gasteiger partial charge in [-0.25, -0.2) is 9.97 Å². The summed E-state index contributed by atoms with van der Waals surface area (Å²) in [5.74, 6) is 2.92. The number of anilines is 2. The van der Waals surface area contributed by atoms with E-state index in [0.717, 1.165) is 49.8 Å². The molecule has 3 rings (SSSR count). The van der Waals surface area contributed by atoms with E-state index in [0.29, 0.717) is 0 Å². The van der Waals surface area contributed by atoms with Crippen LogP contribution in [-0.2, 0) is 11.2 Å². The van der Waals surface area contributed by atoms with Gasteiger partial charge in [-0.05, 0) is 12.8 Å². The highest BCUT2D eigenvalue weighted by molar-refractivity contribution is 5.83. The molecule has 6 heteroatoms. The number of aryl methyl sites for hydroxylation is 1. The molecule has 2 atom stereocenters. The second-order valence-corrected chi connectivity index (χ2v) is 5.39. The molecule has 2 N–H and O–H groups in total. The Balaban J connectivity index is 1.93. The van der Waals surface area contributed by atoms with Crippen LogP contribution in [0, 0.1) is 5.92 Å². The molecule has 0 spiro atoms. The molecule has 0 aliphatic carbocycles. The number of fused-ring (bicyclic) bond motifs is 1. The normalized spacial score (nSPS) is 25.3. The van der Waals surface area contributed by atoms with Gasteiger partial charge in [0.2, 0.25) is 5.91 Å². The third kappa shape index (κ3) is 2.19. The fourth-order valence-electron chi connectivity index (χ4n) is 3.15. The lowest BCUT2D eigenvalue weighted by molar-refractivity contribution is -0.122. The molecule has 108 valence electrons. The van der Waals surface area contributed by atoms with Crippen LogP contribution in [0.2, 0.25) is 0 Å². The van der Waals surface area contributed by atoms with Crippen molar-refractivity contribution in [3.8, 4) is 0 Å². The van der Waals surface area contributed by atoms with Crippen molar-refractivity contribution in [2.24, 2.45) is 5.92 Å². The molecular formula is C14H21N5O. The van der Waals surface area contributed by atoms with Gasteiger partial charge in [0.05, 0.1) is 12.0 Å². The number of rotatable bonds is 3. The van der Waals surface area contributed by atoms with Gasteiger partial charge in [-0.1, -0.05) is 6.92 Å². The van der Waals surface area contributed by atoms with E-state index in [4.69, 9.17) is 0 Å². The van der Waals surface area contributed by atoms with Gasteiger partial charge in [-0.15, -0.1) is 0 Å². The predicted molar refractivity (Wildman–Crippen MR) is 77.8 cm³/mol. The predicted octanol–water partition coefficient (Wildman–Crippen LogP) is 0.795. The largest absolute Gasteiger partial charge is 0.373 e. The van der Waals surface area contributed by atoms with Crippen molar-refractivity contribution >= 4 is 17.5 Å². The summed E-state index contributed by atoms with van der Waals surface area (Å²) in [5, 5.41) is 6.07. The molecule has 2 saturated heterocycles. The topological polar surface area (TPSA) is 70.2 Å². The molecule has 1 aromatic rings. The van der Waals surface area contributed by atoms with E-state index in [1.165, 1.54) is 0 Å². The summed E-state index contributed by atoms with van der Waals surface area (Å²) in [5.41, 5.74) is 0. The number of hydrogen-bond donors (Lipinski definition) is 2. The minimum atomic E-state index is 0.113. The van der Waals surface area contributed by atoms with Gasteiger partial charge >= 0.3 is 0 Å². The zero-order chi connectivity index (χ0) is 14.1. The Hall–Kier alpha value is -1.85. The average Bonchev–Trinajstić information content (AvgIpc) is 2.88. The summed E-state index contributed by atoms with van der Waals surface area (Å²) in [6.45, 7) is 3.74. The average molecular weight is 275 g/mol. The Labute approximate surface area is 119 Å². The molecule has 6 nitrogen and oxygen atoms in total. The monoisotopic (exact) mass is 275 g/mol. The lowest BCUT2D eigenvalue weighted by atomic mass is 9.91.